The summed E-state index contributed by atoms with van der Waals surface area (Å²) in [4.78, 5) is 30.3. The number of nitrogens with zero attached hydrogens (tertiary/aromatic N) is 5. The van der Waals surface area contributed by atoms with Crippen LogP contribution in [0.4, 0.5) is 5.82 Å². The Kier molecular flexibility index (Phi) is 3.57. The highest BCUT2D eigenvalue weighted by atomic mass is 16.2. The molecule has 6 heteroatoms. The maximum atomic E-state index is 13.0. The van der Waals surface area contributed by atoms with Gasteiger partial charge in [-0.05, 0) is 37.2 Å². The summed E-state index contributed by atoms with van der Waals surface area (Å²) < 4.78 is 0. The molecule has 6 nitrogen and oxygen atoms in total. The second-order valence-electron chi connectivity index (χ2n) is 7.72. The second-order valence-corrected chi connectivity index (χ2v) is 7.72. The van der Waals surface area contributed by atoms with Gasteiger partial charge < -0.3 is 9.80 Å². The number of carbonyl (C=O) groups excluding carboxylic acids is 1. The smallest absolute Gasteiger partial charge is 0.227 e. The molecular formula is C19H23N5O. The van der Waals surface area contributed by atoms with Crippen molar-refractivity contribution in [2.75, 3.05) is 31.1 Å². The van der Waals surface area contributed by atoms with E-state index in [2.05, 4.69) is 24.8 Å². The molecule has 1 saturated carbocycles. The minimum atomic E-state index is 0.102. The van der Waals surface area contributed by atoms with Crippen LogP contribution in [0.1, 0.15) is 25.7 Å². The zero-order chi connectivity index (χ0) is 16.8. The number of likely N-dealkylation sites (tertiary alicyclic amines) is 1. The van der Waals surface area contributed by atoms with Crippen LogP contribution in [-0.4, -0.2) is 51.9 Å². The number of anilines is 1. The van der Waals surface area contributed by atoms with E-state index >= 15 is 0 Å². The largest absolute Gasteiger partial charge is 0.355 e. The van der Waals surface area contributed by atoms with Gasteiger partial charge in [0.25, 0.3) is 0 Å². The van der Waals surface area contributed by atoms with Crippen molar-refractivity contribution in [3.8, 4) is 0 Å². The third-order valence-electron chi connectivity index (χ3n) is 6.29. The maximum Gasteiger partial charge on any atom is 0.227 e. The fourth-order valence-electron chi connectivity index (χ4n) is 4.97. The molecule has 0 spiro atoms. The van der Waals surface area contributed by atoms with Crippen molar-refractivity contribution in [2.45, 2.75) is 25.7 Å². The standard InChI is InChI=1S/C19H23N5O/c25-19(24-9-13-2-1-3-14(13)10-24)15-5-7-23(11-15)18-16-4-6-20-8-17(16)21-12-22-18/h4,6,8,12-15H,1-3,5,7,9-11H2. The van der Waals surface area contributed by atoms with Crippen molar-refractivity contribution in [1.29, 1.82) is 0 Å². The number of amides is 1. The van der Waals surface area contributed by atoms with Crippen LogP contribution in [-0.2, 0) is 4.79 Å². The average molecular weight is 337 g/mol. The highest BCUT2D eigenvalue weighted by Gasteiger charge is 2.41. The number of carbonyl (C=O) groups is 1. The molecule has 0 bridgehead atoms. The Morgan fingerprint density at radius 2 is 1.92 bits per heavy atom. The molecule has 2 aliphatic heterocycles. The van der Waals surface area contributed by atoms with E-state index < -0.39 is 0 Å². The summed E-state index contributed by atoms with van der Waals surface area (Å²) in [7, 11) is 0. The van der Waals surface area contributed by atoms with Crippen molar-refractivity contribution in [1.82, 2.24) is 19.9 Å². The molecule has 0 radical (unpaired) electrons. The predicted octanol–water partition coefficient (Wildman–Crippen LogP) is 2.11. The number of rotatable bonds is 2. The second kappa shape index (κ2) is 5.93. The summed E-state index contributed by atoms with van der Waals surface area (Å²) in [5.41, 5.74) is 0.856. The molecule has 3 unspecified atom stereocenters. The van der Waals surface area contributed by atoms with E-state index in [1.807, 2.05) is 6.07 Å². The third-order valence-corrected chi connectivity index (χ3v) is 6.29. The molecule has 25 heavy (non-hydrogen) atoms. The molecule has 1 aliphatic carbocycles. The number of pyridine rings is 1. The molecule has 3 atom stereocenters. The number of aromatic nitrogens is 3. The number of hydrogen-bond acceptors (Lipinski definition) is 5. The summed E-state index contributed by atoms with van der Waals surface area (Å²) in [6.07, 6.45) is 10.0. The van der Waals surface area contributed by atoms with Gasteiger partial charge in [-0.2, -0.15) is 0 Å². The molecule has 5 rings (SSSR count). The van der Waals surface area contributed by atoms with Gasteiger partial charge >= 0.3 is 0 Å². The van der Waals surface area contributed by atoms with Gasteiger partial charge in [0, 0.05) is 37.8 Å². The first-order valence-electron chi connectivity index (χ1n) is 9.38. The summed E-state index contributed by atoms with van der Waals surface area (Å²) >= 11 is 0. The average Bonchev–Trinajstić information content (AvgIpc) is 3.36. The quantitative estimate of drug-likeness (QED) is 0.840. The summed E-state index contributed by atoms with van der Waals surface area (Å²) in [5.74, 6) is 2.92. The van der Waals surface area contributed by atoms with Gasteiger partial charge in [-0.1, -0.05) is 6.42 Å². The van der Waals surface area contributed by atoms with E-state index in [9.17, 15) is 4.79 Å². The van der Waals surface area contributed by atoms with Gasteiger partial charge in [-0.25, -0.2) is 9.97 Å². The Morgan fingerprint density at radius 3 is 2.76 bits per heavy atom. The normalized spacial score (nSPS) is 28.7. The molecule has 2 saturated heterocycles. The van der Waals surface area contributed by atoms with Crippen LogP contribution < -0.4 is 4.90 Å². The van der Waals surface area contributed by atoms with Gasteiger partial charge in [0.2, 0.25) is 5.91 Å². The van der Waals surface area contributed by atoms with E-state index in [0.29, 0.717) is 5.91 Å². The Labute approximate surface area is 147 Å². The van der Waals surface area contributed by atoms with Crippen molar-refractivity contribution < 1.29 is 4.79 Å². The number of hydrogen-bond donors (Lipinski definition) is 0. The number of fused-ring (bicyclic) bond motifs is 2. The lowest BCUT2D eigenvalue weighted by atomic mass is 10.0. The van der Waals surface area contributed by atoms with Crippen LogP contribution in [0.3, 0.4) is 0 Å². The molecule has 3 aliphatic rings. The third kappa shape index (κ3) is 2.55. The first-order chi connectivity index (χ1) is 12.3. The van der Waals surface area contributed by atoms with Crippen molar-refractivity contribution in [2.24, 2.45) is 17.8 Å². The van der Waals surface area contributed by atoms with Crippen molar-refractivity contribution >= 4 is 22.6 Å². The zero-order valence-electron chi connectivity index (χ0n) is 14.3. The van der Waals surface area contributed by atoms with Gasteiger partial charge in [-0.15, -0.1) is 0 Å². The van der Waals surface area contributed by atoms with E-state index in [4.69, 9.17) is 0 Å². The molecule has 4 heterocycles. The summed E-state index contributed by atoms with van der Waals surface area (Å²) in [6.45, 7) is 3.62. The van der Waals surface area contributed by atoms with E-state index in [1.54, 1.807) is 18.7 Å². The lowest BCUT2D eigenvalue weighted by Crippen LogP contribution is -2.36. The highest BCUT2D eigenvalue weighted by Crippen LogP contribution is 2.39. The van der Waals surface area contributed by atoms with Gasteiger partial charge in [0.15, 0.2) is 0 Å². The monoisotopic (exact) mass is 337 g/mol. The molecule has 1 amide bonds. The Morgan fingerprint density at radius 1 is 1.08 bits per heavy atom. The zero-order valence-corrected chi connectivity index (χ0v) is 14.3. The maximum absolute atomic E-state index is 13.0. The Bertz CT molecular complexity index is 792. The van der Waals surface area contributed by atoms with Crippen LogP contribution in [0.5, 0.6) is 0 Å². The fraction of sp³-hybridized carbons (Fsp3) is 0.579. The van der Waals surface area contributed by atoms with E-state index in [-0.39, 0.29) is 5.92 Å². The van der Waals surface area contributed by atoms with E-state index in [1.165, 1.54) is 19.3 Å². The molecule has 2 aromatic heterocycles. The molecule has 2 aromatic rings. The van der Waals surface area contributed by atoms with Crippen LogP contribution in [0.2, 0.25) is 0 Å². The molecule has 0 aromatic carbocycles. The highest BCUT2D eigenvalue weighted by molar-refractivity contribution is 5.89. The van der Waals surface area contributed by atoms with Crippen LogP contribution in [0.25, 0.3) is 10.9 Å². The molecule has 3 fully saturated rings. The molecule has 0 N–H and O–H groups in total. The van der Waals surface area contributed by atoms with Crippen LogP contribution >= 0.6 is 0 Å². The van der Waals surface area contributed by atoms with Crippen molar-refractivity contribution in [3.05, 3.63) is 24.8 Å². The van der Waals surface area contributed by atoms with Crippen LogP contribution in [0.15, 0.2) is 24.8 Å². The minimum absolute atomic E-state index is 0.102. The SMILES string of the molecule is O=C(C1CCN(c2ncnc3cnccc23)C1)N1CC2CCCC2C1. The van der Waals surface area contributed by atoms with Crippen LogP contribution in [0, 0.1) is 17.8 Å². The topological polar surface area (TPSA) is 62.2 Å². The summed E-state index contributed by atoms with van der Waals surface area (Å²) in [6, 6.07) is 1.96. The lowest BCUT2D eigenvalue weighted by Gasteiger charge is -2.22. The molecule has 130 valence electrons. The van der Waals surface area contributed by atoms with Gasteiger partial charge in [-0.3, -0.25) is 9.78 Å². The Balaban J connectivity index is 1.32. The predicted molar refractivity (Wildman–Crippen MR) is 95.1 cm³/mol. The fourth-order valence-corrected chi connectivity index (χ4v) is 4.97. The Hall–Kier alpha value is -2.24. The minimum Gasteiger partial charge on any atom is -0.355 e. The summed E-state index contributed by atoms with van der Waals surface area (Å²) in [5, 5.41) is 1.02. The first-order valence-corrected chi connectivity index (χ1v) is 9.38. The first kappa shape index (κ1) is 15.0. The van der Waals surface area contributed by atoms with E-state index in [0.717, 1.165) is 61.2 Å². The lowest BCUT2D eigenvalue weighted by molar-refractivity contribution is -0.134. The van der Waals surface area contributed by atoms with Crippen molar-refractivity contribution in [3.63, 3.8) is 0 Å². The van der Waals surface area contributed by atoms with Gasteiger partial charge in [0.05, 0.1) is 17.6 Å². The van der Waals surface area contributed by atoms with Gasteiger partial charge in [0.1, 0.15) is 12.1 Å². The molecular weight excluding hydrogens is 314 g/mol.